The molecule has 70 valence electrons. The van der Waals surface area contributed by atoms with Crippen molar-refractivity contribution in [2.75, 3.05) is 7.05 Å². The highest BCUT2D eigenvalue weighted by atomic mass is 16.1. The maximum Gasteiger partial charge on any atom is 0.219 e. The van der Waals surface area contributed by atoms with Crippen LogP contribution in [0.2, 0.25) is 0 Å². The van der Waals surface area contributed by atoms with E-state index in [2.05, 4.69) is 5.32 Å². The minimum atomic E-state index is 0.0801. The number of nitrogens with two attached hydrogens (primary N) is 1. The molecule has 0 saturated carbocycles. The quantitative estimate of drug-likeness (QED) is 0.665. The molecule has 0 aliphatic rings. The van der Waals surface area contributed by atoms with Gasteiger partial charge in [0.15, 0.2) is 0 Å². The van der Waals surface area contributed by atoms with Gasteiger partial charge in [0.05, 0.1) is 0 Å². The van der Waals surface area contributed by atoms with E-state index >= 15 is 0 Å². The highest BCUT2D eigenvalue weighted by molar-refractivity contribution is 5.75. The van der Waals surface area contributed by atoms with Gasteiger partial charge in [-0.05, 0) is 26.7 Å². The molecule has 0 spiro atoms. The number of hydrogen-bond acceptors (Lipinski definition) is 2. The van der Waals surface area contributed by atoms with Crippen LogP contribution in [-0.2, 0) is 4.79 Å². The van der Waals surface area contributed by atoms with Gasteiger partial charge < -0.3 is 11.1 Å². The lowest BCUT2D eigenvalue weighted by Gasteiger charge is -2.02. The molecule has 1 amide bonds. The number of nitrogens with one attached hydrogen (secondary N) is 1. The predicted molar refractivity (Wildman–Crippen MR) is 50.5 cm³/mol. The van der Waals surface area contributed by atoms with E-state index in [1.54, 1.807) is 7.05 Å². The molecule has 0 aromatic carbocycles. The van der Waals surface area contributed by atoms with Crippen molar-refractivity contribution in [3.05, 3.63) is 11.3 Å². The van der Waals surface area contributed by atoms with Crippen molar-refractivity contribution >= 4 is 5.91 Å². The average molecular weight is 170 g/mol. The molecule has 0 bridgehead atoms. The lowest BCUT2D eigenvalue weighted by molar-refractivity contribution is -0.120. The molecule has 0 heterocycles. The van der Waals surface area contributed by atoms with E-state index in [1.165, 1.54) is 0 Å². The minimum Gasteiger partial charge on any atom is -0.402 e. The van der Waals surface area contributed by atoms with Crippen LogP contribution >= 0.6 is 0 Å². The summed E-state index contributed by atoms with van der Waals surface area (Å²) in [5.74, 6) is 0.0801. The number of hydrogen-bond donors (Lipinski definition) is 2. The van der Waals surface area contributed by atoms with Crippen molar-refractivity contribution in [2.45, 2.75) is 33.1 Å². The second-order valence-corrected chi connectivity index (χ2v) is 3.05. The van der Waals surface area contributed by atoms with Gasteiger partial charge >= 0.3 is 0 Å². The molecule has 0 saturated heterocycles. The predicted octanol–water partition coefficient (Wildman–Crippen LogP) is 1.16. The van der Waals surface area contributed by atoms with E-state index in [-0.39, 0.29) is 5.91 Å². The molecule has 0 atom stereocenters. The van der Waals surface area contributed by atoms with Gasteiger partial charge in [0.25, 0.3) is 0 Å². The third-order valence-electron chi connectivity index (χ3n) is 1.77. The van der Waals surface area contributed by atoms with Crippen LogP contribution < -0.4 is 11.1 Å². The van der Waals surface area contributed by atoms with E-state index in [1.807, 2.05) is 13.8 Å². The summed E-state index contributed by atoms with van der Waals surface area (Å²) in [6.45, 7) is 3.96. The second-order valence-electron chi connectivity index (χ2n) is 3.05. The van der Waals surface area contributed by atoms with E-state index in [0.29, 0.717) is 6.42 Å². The normalized spacial score (nSPS) is 9.25. The third-order valence-corrected chi connectivity index (χ3v) is 1.77. The summed E-state index contributed by atoms with van der Waals surface area (Å²) in [5.41, 5.74) is 7.74. The highest BCUT2D eigenvalue weighted by Gasteiger charge is 1.98. The van der Waals surface area contributed by atoms with Crippen molar-refractivity contribution in [3.8, 4) is 0 Å². The molecule has 3 nitrogen and oxygen atoms in total. The van der Waals surface area contributed by atoms with Gasteiger partial charge in [0.1, 0.15) is 0 Å². The topological polar surface area (TPSA) is 55.1 Å². The molecule has 0 aromatic heterocycles. The molecule has 3 N–H and O–H groups in total. The Morgan fingerprint density at radius 3 is 2.33 bits per heavy atom. The first-order valence-electron chi connectivity index (χ1n) is 4.20. The van der Waals surface area contributed by atoms with Crippen molar-refractivity contribution in [3.63, 3.8) is 0 Å². The Morgan fingerprint density at radius 1 is 1.33 bits per heavy atom. The largest absolute Gasteiger partial charge is 0.402 e. The minimum absolute atomic E-state index is 0.0801. The van der Waals surface area contributed by atoms with Crippen molar-refractivity contribution in [2.24, 2.45) is 5.73 Å². The zero-order chi connectivity index (χ0) is 9.56. The highest BCUT2D eigenvalue weighted by Crippen LogP contribution is 2.05. The smallest absolute Gasteiger partial charge is 0.219 e. The Bertz CT molecular complexity index is 181. The molecule has 0 radical (unpaired) electrons. The Morgan fingerprint density at radius 2 is 1.92 bits per heavy atom. The van der Waals surface area contributed by atoms with Crippen LogP contribution in [-0.4, -0.2) is 13.0 Å². The summed E-state index contributed by atoms with van der Waals surface area (Å²) >= 11 is 0. The van der Waals surface area contributed by atoms with Gasteiger partial charge in [0, 0.05) is 19.2 Å². The third kappa shape index (κ3) is 4.77. The summed E-state index contributed by atoms with van der Waals surface area (Å²) in [5, 5.41) is 2.57. The van der Waals surface area contributed by atoms with Crippen molar-refractivity contribution in [1.82, 2.24) is 5.32 Å². The molecule has 0 aliphatic carbocycles. The number of amides is 1. The van der Waals surface area contributed by atoms with Gasteiger partial charge in [-0.2, -0.15) is 0 Å². The van der Waals surface area contributed by atoms with Gasteiger partial charge in [-0.1, -0.05) is 5.57 Å². The molecular formula is C9H18N2O. The number of rotatable bonds is 4. The first kappa shape index (κ1) is 11.0. The van der Waals surface area contributed by atoms with E-state index in [4.69, 9.17) is 5.73 Å². The van der Waals surface area contributed by atoms with Crippen molar-refractivity contribution < 1.29 is 4.79 Å². The monoisotopic (exact) mass is 170 g/mol. The van der Waals surface area contributed by atoms with Crippen LogP contribution in [0.25, 0.3) is 0 Å². The summed E-state index contributed by atoms with van der Waals surface area (Å²) in [4.78, 5) is 10.8. The maximum absolute atomic E-state index is 10.8. The molecule has 0 aromatic rings. The molecule has 12 heavy (non-hydrogen) atoms. The van der Waals surface area contributed by atoms with Crippen LogP contribution in [0.3, 0.4) is 0 Å². The zero-order valence-electron chi connectivity index (χ0n) is 8.11. The lowest BCUT2D eigenvalue weighted by atomic mass is 10.1. The van der Waals surface area contributed by atoms with E-state index in [0.717, 1.165) is 24.1 Å². The van der Waals surface area contributed by atoms with Crippen LogP contribution in [0.1, 0.15) is 33.1 Å². The molecular weight excluding hydrogens is 152 g/mol. The Balaban J connectivity index is 3.58. The van der Waals surface area contributed by atoms with Crippen LogP contribution in [0.15, 0.2) is 11.3 Å². The summed E-state index contributed by atoms with van der Waals surface area (Å²) in [6, 6.07) is 0. The Labute approximate surface area is 74.0 Å². The molecule has 3 heteroatoms. The SMILES string of the molecule is CNC(=O)CCCC(N)=C(C)C. The summed E-state index contributed by atoms with van der Waals surface area (Å²) < 4.78 is 0. The first-order chi connectivity index (χ1) is 5.57. The van der Waals surface area contributed by atoms with Gasteiger partial charge in [-0.3, -0.25) is 4.79 Å². The Hall–Kier alpha value is -0.990. The van der Waals surface area contributed by atoms with E-state index in [9.17, 15) is 4.79 Å². The van der Waals surface area contributed by atoms with Gasteiger partial charge in [-0.15, -0.1) is 0 Å². The molecule has 0 fully saturated rings. The molecule has 0 aliphatic heterocycles. The van der Waals surface area contributed by atoms with Crippen LogP contribution in [0.4, 0.5) is 0 Å². The van der Waals surface area contributed by atoms with Crippen molar-refractivity contribution in [1.29, 1.82) is 0 Å². The summed E-state index contributed by atoms with van der Waals surface area (Å²) in [6.07, 6.45) is 2.21. The number of carbonyl (C=O) groups is 1. The van der Waals surface area contributed by atoms with Crippen LogP contribution in [0, 0.1) is 0 Å². The van der Waals surface area contributed by atoms with Crippen LogP contribution in [0.5, 0.6) is 0 Å². The maximum atomic E-state index is 10.8. The first-order valence-corrected chi connectivity index (χ1v) is 4.20. The number of allylic oxidation sites excluding steroid dienone is 2. The fraction of sp³-hybridized carbons (Fsp3) is 0.667. The number of carbonyl (C=O) groups excluding carboxylic acids is 1. The molecule has 0 unspecified atom stereocenters. The fourth-order valence-electron chi connectivity index (χ4n) is 0.814. The second kappa shape index (κ2) is 5.63. The zero-order valence-corrected chi connectivity index (χ0v) is 8.11. The lowest BCUT2D eigenvalue weighted by Crippen LogP contribution is -2.17. The fourth-order valence-corrected chi connectivity index (χ4v) is 0.814. The standard InChI is InChI=1S/C9H18N2O/c1-7(2)8(10)5-4-6-9(12)11-3/h4-6,10H2,1-3H3,(H,11,12). The van der Waals surface area contributed by atoms with Gasteiger partial charge in [0.2, 0.25) is 5.91 Å². The molecule has 0 rings (SSSR count). The Kier molecular flexibility index (Phi) is 5.17. The van der Waals surface area contributed by atoms with Gasteiger partial charge in [-0.25, -0.2) is 0 Å². The van der Waals surface area contributed by atoms with E-state index < -0.39 is 0 Å². The average Bonchev–Trinajstić information content (AvgIpc) is 2.03. The summed E-state index contributed by atoms with van der Waals surface area (Å²) in [7, 11) is 1.65.